The van der Waals surface area contributed by atoms with Gasteiger partial charge < -0.3 is 9.47 Å². The first-order chi connectivity index (χ1) is 8.75. The van der Waals surface area contributed by atoms with Crippen molar-refractivity contribution in [3.8, 4) is 0 Å². The molecule has 0 spiro atoms. The summed E-state index contributed by atoms with van der Waals surface area (Å²) >= 11 is 0. The fraction of sp³-hybridized carbons (Fsp3) is 0.688. The third-order valence-electron chi connectivity index (χ3n) is 4.49. The Balaban J connectivity index is 2.25. The molecule has 2 rings (SSSR count). The van der Waals surface area contributed by atoms with Gasteiger partial charge in [-0.1, -0.05) is 32.1 Å². The zero-order chi connectivity index (χ0) is 14.3. The van der Waals surface area contributed by atoms with Crippen molar-refractivity contribution in [1.82, 2.24) is 0 Å². The molecule has 106 valence electrons. The topological polar surface area (TPSA) is 38.8 Å². The molecule has 1 aliphatic heterocycles. The van der Waals surface area contributed by atoms with E-state index in [-0.39, 0.29) is 22.6 Å². The zero-order valence-corrected chi connectivity index (χ0v) is 12.4. The molecule has 0 amide bonds. The third kappa shape index (κ3) is 2.25. The number of hydrogen-bond donors (Lipinski definition) is 0. The van der Waals surface area contributed by atoms with E-state index in [0.717, 1.165) is 24.8 Å². The largest absolute Gasteiger partial charge is 0.463 e. The van der Waals surface area contributed by atoms with Gasteiger partial charge >= 0.3 is 5.97 Å². The summed E-state index contributed by atoms with van der Waals surface area (Å²) in [7, 11) is 0. The Bertz CT molecular complexity index is 435. The van der Waals surface area contributed by atoms with E-state index in [9.17, 15) is 4.79 Å². The van der Waals surface area contributed by atoms with E-state index in [1.807, 2.05) is 13.0 Å². The van der Waals surface area contributed by atoms with Crippen molar-refractivity contribution in [2.75, 3.05) is 6.61 Å². The molecule has 0 radical (unpaired) electrons. The fourth-order valence-electron chi connectivity index (χ4n) is 3.37. The summed E-state index contributed by atoms with van der Waals surface area (Å²) in [4.78, 5) is 11.1. The van der Waals surface area contributed by atoms with Gasteiger partial charge in [-0.05, 0) is 32.3 Å². The number of ether oxygens (including phenoxy) is 2. The Kier molecular flexibility index (Phi) is 3.38. The fourth-order valence-corrected chi connectivity index (χ4v) is 3.37. The van der Waals surface area contributed by atoms with Gasteiger partial charge in [-0.15, -0.1) is 0 Å². The number of carbonyl (C=O) groups is 1. The summed E-state index contributed by atoms with van der Waals surface area (Å²) in [5, 5.41) is 0. The van der Waals surface area contributed by atoms with Crippen LogP contribution in [0.4, 0.5) is 0 Å². The number of rotatable bonds is 4. The molecule has 3 heteroatoms. The maximum Gasteiger partial charge on any atom is 0.302 e. The Labute approximate surface area is 115 Å². The van der Waals surface area contributed by atoms with Crippen LogP contribution in [0.5, 0.6) is 0 Å². The van der Waals surface area contributed by atoms with Gasteiger partial charge in [0.25, 0.3) is 0 Å². The highest BCUT2D eigenvalue weighted by Gasteiger charge is 2.76. The molecular weight excluding hydrogens is 240 g/mol. The second-order valence-electron chi connectivity index (χ2n) is 6.53. The lowest BCUT2D eigenvalue weighted by molar-refractivity contribution is -0.143. The van der Waals surface area contributed by atoms with Gasteiger partial charge in [-0.3, -0.25) is 4.79 Å². The standard InChI is InChI=1S/C16H24O3/c1-12(2)7-10-16-14(4,5)8-6-9-15(16,19-16)11-18-13(3)17/h7,10H,1,6,8-9,11H2,2-5H3/b10-7+. The lowest BCUT2D eigenvalue weighted by Crippen LogP contribution is -2.44. The number of carbonyl (C=O) groups excluding carboxylic acids is 1. The SMILES string of the molecule is C=C(C)/C=C/C12OC1(COC(C)=O)CCCC2(C)C. The predicted molar refractivity (Wildman–Crippen MR) is 74.8 cm³/mol. The lowest BCUT2D eigenvalue weighted by Gasteiger charge is -2.37. The second-order valence-corrected chi connectivity index (χ2v) is 6.53. The van der Waals surface area contributed by atoms with Crippen molar-refractivity contribution in [3.63, 3.8) is 0 Å². The molecule has 0 N–H and O–H groups in total. The van der Waals surface area contributed by atoms with E-state index in [1.165, 1.54) is 6.92 Å². The van der Waals surface area contributed by atoms with E-state index >= 15 is 0 Å². The summed E-state index contributed by atoms with van der Waals surface area (Å²) < 4.78 is 11.4. The van der Waals surface area contributed by atoms with Crippen molar-refractivity contribution < 1.29 is 14.3 Å². The molecule has 0 aromatic carbocycles. The summed E-state index contributed by atoms with van der Waals surface area (Å²) in [6.07, 6.45) is 7.32. The number of epoxide rings is 1. The van der Waals surface area contributed by atoms with E-state index in [2.05, 4.69) is 26.5 Å². The number of hydrogen-bond acceptors (Lipinski definition) is 3. The van der Waals surface area contributed by atoms with Crippen molar-refractivity contribution in [2.45, 2.75) is 58.2 Å². The Morgan fingerprint density at radius 2 is 2.05 bits per heavy atom. The van der Waals surface area contributed by atoms with Crippen LogP contribution in [0.3, 0.4) is 0 Å². The summed E-state index contributed by atoms with van der Waals surface area (Å²) in [6, 6.07) is 0. The van der Waals surface area contributed by atoms with Crippen LogP contribution in [-0.4, -0.2) is 23.8 Å². The summed E-state index contributed by atoms with van der Waals surface area (Å²) in [5.41, 5.74) is 0.420. The number of allylic oxidation sites excluding steroid dienone is 2. The van der Waals surface area contributed by atoms with Gasteiger partial charge in [0.05, 0.1) is 0 Å². The molecule has 1 aliphatic carbocycles. The first-order valence-electron chi connectivity index (χ1n) is 6.93. The van der Waals surface area contributed by atoms with E-state index in [1.54, 1.807) is 0 Å². The van der Waals surface area contributed by atoms with Crippen LogP contribution in [0.2, 0.25) is 0 Å². The molecule has 0 bridgehead atoms. The Morgan fingerprint density at radius 3 is 2.63 bits per heavy atom. The Morgan fingerprint density at radius 1 is 1.37 bits per heavy atom. The quantitative estimate of drug-likeness (QED) is 0.444. The van der Waals surface area contributed by atoms with Crippen LogP contribution in [0.1, 0.15) is 47.0 Å². The van der Waals surface area contributed by atoms with Gasteiger partial charge in [0.15, 0.2) is 0 Å². The Hall–Kier alpha value is -1.09. The van der Waals surface area contributed by atoms with Gasteiger partial charge in [-0.25, -0.2) is 0 Å². The third-order valence-corrected chi connectivity index (χ3v) is 4.49. The molecule has 2 aliphatic rings. The average molecular weight is 264 g/mol. The second kappa shape index (κ2) is 4.48. The molecule has 2 unspecified atom stereocenters. The minimum Gasteiger partial charge on any atom is -0.463 e. The molecular formula is C16H24O3. The maximum absolute atomic E-state index is 11.1. The molecule has 1 saturated carbocycles. The molecule has 19 heavy (non-hydrogen) atoms. The maximum atomic E-state index is 11.1. The van der Waals surface area contributed by atoms with Crippen LogP contribution < -0.4 is 0 Å². The van der Waals surface area contributed by atoms with Gasteiger partial charge in [0.2, 0.25) is 0 Å². The van der Waals surface area contributed by atoms with Crippen LogP contribution >= 0.6 is 0 Å². The van der Waals surface area contributed by atoms with Crippen LogP contribution in [0, 0.1) is 5.41 Å². The van der Waals surface area contributed by atoms with Crippen LogP contribution in [0.15, 0.2) is 24.3 Å². The molecule has 1 saturated heterocycles. The van der Waals surface area contributed by atoms with Gasteiger partial charge in [0, 0.05) is 12.3 Å². The first-order valence-corrected chi connectivity index (χ1v) is 6.93. The van der Waals surface area contributed by atoms with E-state index in [4.69, 9.17) is 9.47 Å². The molecule has 2 atom stereocenters. The highest BCUT2D eigenvalue weighted by Crippen LogP contribution is 2.66. The highest BCUT2D eigenvalue weighted by atomic mass is 16.7. The smallest absolute Gasteiger partial charge is 0.302 e. The summed E-state index contributed by atoms with van der Waals surface area (Å²) in [6.45, 7) is 12.1. The molecule has 0 aromatic heterocycles. The van der Waals surface area contributed by atoms with Gasteiger partial charge in [0.1, 0.15) is 17.8 Å². The van der Waals surface area contributed by atoms with Crippen LogP contribution in [0.25, 0.3) is 0 Å². The van der Waals surface area contributed by atoms with Crippen LogP contribution in [-0.2, 0) is 14.3 Å². The number of esters is 1. The highest BCUT2D eigenvalue weighted by molar-refractivity contribution is 5.66. The molecule has 2 fully saturated rings. The van der Waals surface area contributed by atoms with E-state index < -0.39 is 0 Å². The molecule has 0 aromatic rings. The predicted octanol–water partition coefficient (Wildman–Crippen LogP) is 3.40. The summed E-state index contributed by atoms with van der Waals surface area (Å²) in [5.74, 6) is -0.244. The number of fused-ring (bicyclic) bond motifs is 1. The first kappa shape index (κ1) is 14.3. The minimum absolute atomic E-state index is 0.0529. The van der Waals surface area contributed by atoms with Gasteiger partial charge in [-0.2, -0.15) is 0 Å². The van der Waals surface area contributed by atoms with Crippen molar-refractivity contribution in [2.24, 2.45) is 5.41 Å². The molecule has 1 heterocycles. The molecule has 3 nitrogen and oxygen atoms in total. The lowest BCUT2D eigenvalue weighted by atomic mass is 9.63. The van der Waals surface area contributed by atoms with E-state index in [0.29, 0.717) is 6.61 Å². The van der Waals surface area contributed by atoms with Crippen molar-refractivity contribution in [1.29, 1.82) is 0 Å². The van der Waals surface area contributed by atoms with Crippen molar-refractivity contribution >= 4 is 5.97 Å². The minimum atomic E-state index is -0.327. The van der Waals surface area contributed by atoms with Crippen molar-refractivity contribution in [3.05, 3.63) is 24.3 Å². The monoisotopic (exact) mass is 264 g/mol. The normalized spacial score (nSPS) is 35.8. The zero-order valence-electron chi connectivity index (χ0n) is 12.4. The average Bonchev–Trinajstić information content (AvgIpc) is 2.95.